The van der Waals surface area contributed by atoms with Crippen LogP contribution in [0.4, 0.5) is 0 Å². The summed E-state index contributed by atoms with van der Waals surface area (Å²) in [5.74, 6) is 4.32. The minimum absolute atomic E-state index is 0.529. The van der Waals surface area contributed by atoms with Crippen molar-refractivity contribution in [1.82, 2.24) is 39.5 Å². The monoisotopic (exact) mass is 760 g/mol. The van der Waals surface area contributed by atoms with Crippen LogP contribution in [-0.4, -0.2) is 39.5 Å². The van der Waals surface area contributed by atoms with E-state index in [2.05, 4.69) is 96.4 Å². The molecule has 10 rings (SSSR count). The number of nitrogens with zero attached hydrogens (tertiary/aromatic N) is 8. The summed E-state index contributed by atoms with van der Waals surface area (Å²) in [5, 5.41) is 0. The number of aromatic nitrogens is 8. The first-order valence-corrected chi connectivity index (χ1v) is 19.5. The van der Waals surface area contributed by atoms with Crippen LogP contribution in [-0.2, 0) is 0 Å². The van der Waals surface area contributed by atoms with Gasteiger partial charge in [-0.2, -0.15) is 0 Å². The third kappa shape index (κ3) is 7.04. The number of rotatable bonds is 8. The first-order chi connectivity index (χ1) is 29.0. The van der Waals surface area contributed by atoms with Gasteiger partial charge in [0.05, 0.1) is 16.7 Å². The normalized spacial score (nSPS) is 11.2. The van der Waals surface area contributed by atoms with Gasteiger partial charge in [-0.1, -0.05) is 145 Å². The summed E-state index contributed by atoms with van der Waals surface area (Å²) in [5.41, 5.74) is 11.3. The molecule has 0 unspecified atom stereocenters. The number of hydrogen-bond acceptors (Lipinski definition) is 7. The lowest BCUT2D eigenvalue weighted by Crippen LogP contribution is -2.03. The lowest BCUT2D eigenvalue weighted by Gasteiger charge is -2.17. The SMILES string of the molecule is Cc1cccc(-c2nc3ccccc3n2-c2ccccc2-c2cc(-c3nc(C)nc(-c4ccccc4)n3)cc(-c3nc(-c4ccccc4)nc(-c4ccccc4)n3)c2)c1. The van der Waals surface area contributed by atoms with E-state index in [9.17, 15) is 0 Å². The minimum Gasteiger partial charge on any atom is -0.292 e. The van der Waals surface area contributed by atoms with Gasteiger partial charge in [0.2, 0.25) is 0 Å². The molecular weight excluding hydrogens is 725 g/mol. The molecule has 0 bridgehead atoms. The van der Waals surface area contributed by atoms with Gasteiger partial charge in [-0.05, 0) is 61.9 Å². The maximum Gasteiger partial charge on any atom is 0.164 e. The van der Waals surface area contributed by atoms with Crippen LogP contribution in [0.5, 0.6) is 0 Å². The van der Waals surface area contributed by atoms with Crippen molar-refractivity contribution in [3.05, 3.63) is 193 Å². The number of benzene rings is 7. The third-order valence-electron chi connectivity index (χ3n) is 10.2. The average molecular weight is 761 g/mol. The average Bonchev–Trinajstić information content (AvgIpc) is 3.69. The van der Waals surface area contributed by atoms with Crippen molar-refractivity contribution in [2.45, 2.75) is 13.8 Å². The Morgan fingerprint density at radius 2 is 0.797 bits per heavy atom. The predicted molar refractivity (Wildman–Crippen MR) is 235 cm³/mol. The summed E-state index contributed by atoms with van der Waals surface area (Å²) in [6, 6.07) is 61.6. The molecule has 0 N–H and O–H groups in total. The van der Waals surface area contributed by atoms with Gasteiger partial charge >= 0.3 is 0 Å². The molecule has 0 amide bonds. The molecule has 8 nitrogen and oxygen atoms in total. The van der Waals surface area contributed by atoms with Crippen molar-refractivity contribution in [3.63, 3.8) is 0 Å². The Morgan fingerprint density at radius 3 is 1.39 bits per heavy atom. The van der Waals surface area contributed by atoms with Crippen LogP contribution in [0.1, 0.15) is 11.4 Å². The van der Waals surface area contributed by atoms with E-state index >= 15 is 0 Å². The summed E-state index contributed by atoms with van der Waals surface area (Å²) < 4.78 is 2.26. The van der Waals surface area contributed by atoms with Crippen LogP contribution in [0.2, 0.25) is 0 Å². The van der Waals surface area contributed by atoms with Crippen LogP contribution < -0.4 is 0 Å². The van der Waals surface area contributed by atoms with Gasteiger partial charge < -0.3 is 0 Å². The minimum atomic E-state index is 0.529. The largest absolute Gasteiger partial charge is 0.292 e. The predicted octanol–water partition coefficient (Wildman–Crippen LogP) is 11.7. The summed E-state index contributed by atoms with van der Waals surface area (Å²) in [6.45, 7) is 4.01. The molecule has 0 aliphatic rings. The Bertz CT molecular complexity index is 3070. The van der Waals surface area contributed by atoms with Gasteiger partial charge in [-0.25, -0.2) is 34.9 Å². The third-order valence-corrected chi connectivity index (χ3v) is 10.2. The molecule has 8 heteroatoms. The lowest BCUT2D eigenvalue weighted by molar-refractivity contribution is 0.992. The van der Waals surface area contributed by atoms with Crippen molar-refractivity contribution in [2.24, 2.45) is 0 Å². The smallest absolute Gasteiger partial charge is 0.164 e. The zero-order valence-electron chi connectivity index (χ0n) is 32.4. The molecule has 0 saturated carbocycles. The van der Waals surface area contributed by atoms with Gasteiger partial charge in [-0.15, -0.1) is 0 Å². The topological polar surface area (TPSA) is 95.2 Å². The van der Waals surface area contributed by atoms with Crippen LogP contribution in [0.15, 0.2) is 182 Å². The van der Waals surface area contributed by atoms with Crippen LogP contribution in [0, 0.1) is 13.8 Å². The molecule has 0 fully saturated rings. The zero-order valence-corrected chi connectivity index (χ0v) is 32.4. The molecule has 0 radical (unpaired) electrons. The molecule has 0 atom stereocenters. The van der Waals surface area contributed by atoms with Crippen molar-refractivity contribution in [1.29, 1.82) is 0 Å². The highest BCUT2D eigenvalue weighted by atomic mass is 15.1. The molecule has 7 aromatic carbocycles. The lowest BCUT2D eigenvalue weighted by atomic mass is 9.97. The van der Waals surface area contributed by atoms with E-state index in [0.29, 0.717) is 34.9 Å². The summed E-state index contributed by atoms with van der Waals surface area (Å²) in [6.07, 6.45) is 0. The molecule has 0 aliphatic carbocycles. The quantitative estimate of drug-likeness (QED) is 0.152. The molecular formula is C51H36N8. The summed E-state index contributed by atoms with van der Waals surface area (Å²) in [7, 11) is 0. The number of imidazole rings is 1. The number of fused-ring (bicyclic) bond motifs is 1. The van der Waals surface area contributed by atoms with Crippen molar-refractivity contribution in [2.75, 3.05) is 0 Å². The molecule has 0 spiro atoms. The maximum atomic E-state index is 5.20. The van der Waals surface area contributed by atoms with Gasteiger partial charge in [-0.3, -0.25) is 4.57 Å². The highest BCUT2D eigenvalue weighted by Crippen LogP contribution is 2.38. The molecule has 3 aromatic heterocycles. The van der Waals surface area contributed by atoms with E-state index in [1.165, 1.54) is 0 Å². The highest BCUT2D eigenvalue weighted by Gasteiger charge is 2.21. The highest BCUT2D eigenvalue weighted by molar-refractivity contribution is 5.88. The second-order valence-electron chi connectivity index (χ2n) is 14.4. The molecule has 3 heterocycles. The molecule has 280 valence electrons. The Hall–Kier alpha value is -7.97. The number of hydrogen-bond donors (Lipinski definition) is 0. The van der Waals surface area contributed by atoms with Gasteiger partial charge in [0, 0.05) is 38.9 Å². The first-order valence-electron chi connectivity index (χ1n) is 19.5. The van der Waals surface area contributed by atoms with Crippen LogP contribution in [0.25, 0.3) is 96.2 Å². The van der Waals surface area contributed by atoms with E-state index in [-0.39, 0.29) is 0 Å². The molecule has 10 aromatic rings. The summed E-state index contributed by atoms with van der Waals surface area (Å²) in [4.78, 5) is 35.2. The fraction of sp³-hybridized carbons (Fsp3) is 0.0392. The zero-order chi connectivity index (χ0) is 39.7. The van der Waals surface area contributed by atoms with Crippen LogP contribution in [0.3, 0.4) is 0 Å². The van der Waals surface area contributed by atoms with E-state index in [1.54, 1.807) is 0 Å². The number of para-hydroxylation sites is 3. The van der Waals surface area contributed by atoms with Gasteiger partial charge in [0.1, 0.15) is 11.6 Å². The molecule has 0 saturated heterocycles. The molecule has 0 aliphatic heterocycles. The van der Waals surface area contributed by atoms with E-state index in [1.807, 2.05) is 104 Å². The second-order valence-corrected chi connectivity index (χ2v) is 14.4. The van der Waals surface area contributed by atoms with Crippen molar-refractivity contribution >= 4 is 11.0 Å². The van der Waals surface area contributed by atoms with E-state index < -0.39 is 0 Å². The first kappa shape index (κ1) is 35.4. The van der Waals surface area contributed by atoms with Crippen LogP contribution >= 0.6 is 0 Å². The van der Waals surface area contributed by atoms with Crippen molar-refractivity contribution in [3.8, 4) is 85.1 Å². The second kappa shape index (κ2) is 15.2. The summed E-state index contributed by atoms with van der Waals surface area (Å²) >= 11 is 0. The van der Waals surface area contributed by atoms with E-state index in [0.717, 1.165) is 72.6 Å². The van der Waals surface area contributed by atoms with E-state index in [4.69, 9.17) is 34.9 Å². The Labute approximate surface area is 341 Å². The Morgan fingerprint density at radius 1 is 0.339 bits per heavy atom. The standard InChI is InChI=1S/C51H36N8/c1-33-17-16-24-38(29-33)51-54-43-26-13-15-28-45(43)59(51)44-27-14-12-25-42(44)39-30-40(49-53-34(2)52-46(55-49)35-18-6-3-7-19-35)32-41(31-39)50-57-47(36-20-8-4-9-21-36)56-48(58-50)37-22-10-5-11-23-37/h3-32H,1-2H3. The number of aryl methyl sites for hydroxylation is 2. The fourth-order valence-corrected chi connectivity index (χ4v) is 7.47. The molecule has 59 heavy (non-hydrogen) atoms. The maximum absolute atomic E-state index is 5.20. The fourth-order valence-electron chi connectivity index (χ4n) is 7.47. The van der Waals surface area contributed by atoms with Gasteiger partial charge in [0.25, 0.3) is 0 Å². The van der Waals surface area contributed by atoms with Crippen molar-refractivity contribution < 1.29 is 0 Å². The Kier molecular flexibility index (Phi) is 9.12. The van der Waals surface area contributed by atoms with Gasteiger partial charge in [0.15, 0.2) is 29.1 Å². The Balaban J connectivity index is 1.24.